The van der Waals surface area contributed by atoms with Gasteiger partial charge in [0, 0.05) is 22.0 Å². The van der Waals surface area contributed by atoms with Crippen molar-refractivity contribution < 1.29 is 9.84 Å². The SMILES string of the molecule is CC(C)(C)c1cc(CBr)c(O)c(Oc2c(-c3ccccc3)cccc2-c2ccccc2)c1. The summed E-state index contributed by atoms with van der Waals surface area (Å²) in [6, 6.07) is 30.6. The van der Waals surface area contributed by atoms with E-state index in [0.29, 0.717) is 11.1 Å². The van der Waals surface area contributed by atoms with Crippen LogP contribution in [-0.2, 0) is 10.7 Å². The highest BCUT2D eigenvalue weighted by Crippen LogP contribution is 2.45. The summed E-state index contributed by atoms with van der Waals surface area (Å²) < 4.78 is 6.59. The van der Waals surface area contributed by atoms with Crippen LogP contribution >= 0.6 is 15.9 Å². The van der Waals surface area contributed by atoms with Gasteiger partial charge in [0.15, 0.2) is 11.5 Å². The molecule has 0 aromatic heterocycles. The average molecular weight is 487 g/mol. The van der Waals surface area contributed by atoms with Crippen molar-refractivity contribution >= 4 is 15.9 Å². The van der Waals surface area contributed by atoms with Gasteiger partial charge in [-0.2, -0.15) is 0 Å². The van der Waals surface area contributed by atoms with Gasteiger partial charge in [0.05, 0.1) is 0 Å². The predicted octanol–water partition coefficient (Wildman–Crippen LogP) is 8.71. The molecule has 0 aliphatic carbocycles. The number of alkyl halides is 1. The fourth-order valence-electron chi connectivity index (χ4n) is 3.73. The van der Waals surface area contributed by atoms with Gasteiger partial charge in [-0.3, -0.25) is 0 Å². The molecule has 0 saturated carbocycles. The van der Waals surface area contributed by atoms with Crippen LogP contribution in [0.5, 0.6) is 17.2 Å². The van der Waals surface area contributed by atoms with Crippen LogP contribution in [-0.4, -0.2) is 5.11 Å². The van der Waals surface area contributed by atoms with Crippen LogP contribution in [0.1, 0.15) is 31.9 Å². The van der Waals surface area contributed by atoms with Crippen LogP contribution in [0.2, 0.25) is 0 Å². The summed E-state index contributed by atoms with van der Waals surface area (Å²) in [5.41, 5.74) is 5.93. The highest BCUT2D eigenvalue weighted by atomic mass is 79.9. The van der Waals surface area contributed by atoms with Crippen LogP contribution in [0.4, 0.5) is 0 Å². The van der Waals surface area contributed by atoms with Gasteiger partial charge in [-0.25, -0.2) is 0 Å². The van der Waals surface area contributed by atoms with Crippen molar-refractivity contribution in [2.75, 3.05) is 0 Å². The highest BCUT2D eigenvalue weighted by molar-refractivity contribution is 9.08. The third-order valence-electron chi connectivity index (χ3n) is 5.56. The fraction of sp³-hybridized carbons (Fsp3) is 0.172. The Balaban J connectivity index is 1.94. The molecule has 0 saturated heterocycles. The van der Waals surface area contributed by atoms with Gasteiger partial charge in [0.1, 0.15) is 5.75 Å². The molecule has 0 radical (unpaired) electrons. The van der Waals surface area contributed by atoms with Crippen LogP contribution in [0.15, 0.2) is 91.0 Å². The summed E-state index contributed by atoms with van der Waals surface area (Å²) in [4.78, 5) is 0. The summed E-state index contributed by atoms with van der Waals surface area (Å²) in [7, 11) is 0. The lowest BCUT2D eigenvalue weighted by atomic mass is 9.86. The predicted molar refractivity (Wildman–Crippen MR) is 137 cm³/mol. The fourth-order valence-corrected chi connectivity index (χ4v) is 4.15. The molecule has 0 atom stereocenters. The second kappa shape index (κ2) is 9.22. The van der Waals surface area contributed by atoms with Gasteiger partial charge < -0.3 is 9.84 Å². The number of phenolic OH excluding ortho intramolecular Hbond substituents is 1. The zero-order chi connectivity index (χ0) is 22.7. The number of hydrogen-bond donors (Lipinski definition) is 1. The molecular weight excluding hydrogens is 460 g/mol. The minimum atomic E-state index is -0.0794. The molecule has 162 valence electrons. The molecule has 3 heteroatoms. The van der Waals surface area contributed by atoms with E-state index in [1.807, 2.05) is 54.6 Å². The van der Waals surface area contributed by atoms with Crippen molar-refractivity contribution in [3.8, 4) is 39.5 Å². The highest BCUT2D eigenvalue weighted by Gasteiger charge is 2.22. The number of aromatic hydroxyl groups is 1. The zero-order valence-corrected chi connectivity index (χ0v) is 20.2. The van der Waals surface area contributed by atoms with Crippen LogP contribution in [0, 0.1) is 0 Å². The van der Waals surface area contributed by atoms with Crippen molar-refractivity contribution in [2.24, 2.45) is 0 Å². The maximum Gasteiger partial charge on any atom is 0.169 e. The molecule has 0 heterocycles. The van der Waals surface area contributed by atoms with Crippen molar-refractivity contribution in [3.63, 3.8) is 0 Å². The van der Waals surface area contributed by atoms with Crippen LogP contribution in [0.3, 0.4) is 0 Å². The monoisotopic (exact) mass is 486 g/mol. The summed E-state index contributed by atoms with van der Waals surface area (Å²) in [5, 5.41) is 11.6. The Bertz CT molecular complexity index is 1150. The normalized spacial score (nSPS) is 11.4. The molecule has 4 aromatic rings. The van der Waals surface area contributed by atoms with E-state index in [-0.39, 0.29) is 11.2 Å². The van der Waals surface area contributed by atoms with Crippen LogP contribution in [0.25, 0.3) is 22.3 Å². The number of hydrogen-bond acceptors (Lipinski definition) is 2. The molecule has 2 nitrogen and oxygen atoms in total. The Hall–Kier alpha value is -3.04. The van der Waals surface area contributed by atoms with Crippen molar-refractivity contribution in [1.29, 1.82) is 0 Å². The second-order valence-electron chi connectivity index (χ2n) is 8.88. The van der Waals surface area contributed by atoms with Gasteiger partial charge in [-0.1, -0.05) is 122 Å². The van der Waals surface area contributed by atoms with E-state index in [1.54, 1.807) is 0 Å². The summed E-state index contributed by atoms with van der Waals surface area (Å²) in [6.07, 6.45) is 0. The smallest absolute Gasteiger partial charge is 0.169 e. The standard InChI is InChI=1S/C29H27BrO2/c1-29(2,3)23-17-22(19-30)27(31)26(18-23)32-28-24(20-11-6-4-7-12-20)15-10-16-25(28)21-13-8-5-9-14-21/h4-18,31H,19H2,1-3H3. The van der Waals surface area contributed by atoms with E-state index >= 15 is 0 Å². The van der Waals surface area contributed by atoms with E-state index in [2.05, 4.69) is 73.1 Å². The number of halogens is 1. The van der Waals surface area contributed by atoms with Crippen molar-refractivity contribution in [2.45, 2.75) is 31.5 Å². The van der Waals surface area contributed by atoms with Crippen molar-refractivity contribution in [1.82, 2.24) is 0 Å². The molecule has 32 heavy (non-hydrogen) atoms. The molecule has 0 amide bonds. The Labute approximate surface area is 198 Å². The number of rotatable bonds is 5. The Morgan fingerprint density at radius 3 is 1.75 bits per heavy atom. The first-order valence-electron chi connectivity index (χ1n) is 10.7. The molecule has 0 bridgehead atoms. The molecule has 0 fully saturated rings. The Morgan fingerprint density at radius 1 is 0.750 bits per heavy atom. The average Bonchev–Trinajstić information content (AvgIpc) is 2.81. The van der Waals surface area contributed by atoms with Gasteiger partial charge >= 0.3 is 0 Å². The molecule has 4 aromatic carbocycles. The molecular formula is C29H27BrO2. The number of ether oxygens (including phenoxy) is 1. The Morgan fingerprint density at radius 2 is 1.28 bits per heavy atom. The van der Waals surface area contributed by atoms with E-state index in [9.17, 15) is 5.11 Å². The first kappa shape index (κ1) is 22.2. The van der Waals surface area contributed by atoms with E-state index in [4.69, 9.17) is 4.74 Å². The molecule has 4 rings (SSSR count). The van der Waals surface area contributed by atoms with E-state index in [1.165, 1.54) is 0 Å². The summed E-state index contributed by atoms with van der Waals surface area (Å²) in [6.45, 7) is 6.48. The number of benzene rings is 4. The van der Waals surface area contributed by atoms with Gasteiger partial charge in [-0.15, -0.1) is 0 Å². The molecule has 0 unspecified atom stereocenters. The molecule has 1 N–H and O–H groups in total. The summed E-state index contributed by atoms with van der Waals surface area (Å²) >= 11 is 3.52. The maximum atomic E-state index is 11.0. The summed E-state index contributed by atoms with van der Waals surface area (Å²) in [5.74, 6) is 1.36. The van der Waals surface area contributed by atoms with E-state index in [0.717, 1.165) is 39.1 Å². The first-order valence-corrected chi connectivity index (χ1v) is 11.8. The lowest BCUT2D eigenvalue weighted by Crippen LogP contribution is -2.11. The third kappa shape index (κ3) is 4.58. The topological polar surface area (TPSA) is 29.5 Å². The minimum Gasteiger partial charge on any atom is -0.504 e. The van der Waals surface area contributed by atoms with Gasteiger partial charge in [-0.05, 0) is 28.2 Å². The van der Waals surface area contributed by atoms with Crippen LogP contribution < -0.4 is 4.74 Å². The number of para-hydroxylation sites is 1. The quantitative estimate of drug-likeness (QED) is 0.285. The second-order valence-corrected chi connectivity index (χ2v) is 9.44. The minimum absolute atomic E-state index is 0.0794. The number of phenols is 1. The van der Waals surface area contributed by atoms with Crippen molar-refractivity contribution in [3.05, 3.63) is 102 Å². The lowest BCUT2D eigenvalue weighted by molar-refractivity contribution is 0.407. The largest absolute Gasteiger partial charge is 0.504 e. The Kier molecular flexibility index (Phi) is 6.38. The maximum absolute atomic E-state index is 11.0. The van der Waals surface area contributed by atoms with Gasteiger partial charge in [0.2, 0.25) is 0 Å². The van der Waals surface area contributed by atoms with E-state index < -0.39 is 0 Å². The molecule has 0 aliphatic heterocycles. The third-order valence-corrected chi connectivity index (χ3v) is 6.16. The molecule has 0 spiro atoms. The molecule has 0 aliphatic rings. The lowest BCUT2D eigenvalue weighted by Gasteiger charge is -2.23. The zero-order valence-electron chi connectivity index (χ0n) is 18.6. The van der Waals surface area contributed by atoms with Gasteiger partial charge in [0.25, 0.3) is 0 Å². The first-order chi connectivity index (χ1) is 15.4.